The van der Waals surface area contributed by atoms with Crippen LogP contribution in [0.3, 0.4) is 0 Å². The molecule has 0 aliphatic heterocycles. The van der Waals surface area contributed by atoms with Crippen molar-refractivity contribution < 1.29 is 27.4 Å². The summed E-state index contributed by atoms with van der Waals surface area (Å²) in [4.78, 5) is 12.1. The summed E-state index contributed by atoms with van der Waals surface area (Å²) in [6.07, 6.45) is 5.62. The van der Waals surface area contributed by atoms with Crippen LogP contribution < -0.4 is 9.47 Å². The number of carbonyl (C=O) groups excluding carboxylic acids is 1. The molecule has 2 aromatic rings. The van der Waals surface area contributed by atoms with Crippen LogP contribution in [-0.4, -0.2) is 19.3 Å². The fourth-order valence-electron chi connectivity index (χ4n) is 2.37. The summed E-state index contributed by atoms with van der Waals surface area (Å²) in [5.41, 5.74) is 1.22. The molecule has 0 aliphatic rings. The fraction of sp³-hybridized carbons (Fsp3) is 0.286. The molecule has 0 atom stereocenters. The quantitative estimate of drug-likeness (QED) is 0.332. The van der Waals surface area contributed by atoms with E-state index in [4.69, 9.17) is 9.47 Å². The van der Waals surface area contributed by atoms with Gasteiger partial charge < -0.3 is 9.47 Å². The first-order chi connectivity index (χ1) is 13.1. The summed E-state index contributed by atoms with van der Waals surface area (Å²) < 4.78 is 49.7. The van der Waals surface area contributed by atoms with Crippen LogP contribution in [0.1, 0.15) is 35.7 Å². The van der Waals surface area contributed by atoms with Crippen molar-refractivity contribution in [3.8, 4) is 11.5 Å². The highest BCUT2D eigenvalue weighted by Gasteiger charge is 2.18. The summed E-state index contributed by atoms with van der Waals surface area (Å²) >= 11 is 0. The van der Waals surface area contributed by atoms with Gasteiger partial charge in [-0.1, -0.05) is 24.3 Å². The number of alkyl halides is 1. The molecule has 144 valence electrons. The van der Waals surface area contributed by atoms with Crippen molar-refractivity contribution in [1.29, 1.82) is 0 Å². The lowest BCUT2D eigenvalue weighted by Crippen LogP contribution is -2.10. The van der Waals surface area contributed by atoms with E-state index >= 15 is 0 Å². The highest BCUT2D eigenvalue weighted by Crippen LogP contribution is 2.28. The Labute approximate surface area is 156 Å². The number of allylic oxidation sites excluding steroid dienone is 2. The number of halogens is 3. The molecule has 0 bridgehead atoms. The van der Waals surface area contributed by atoms with Crippen LogP contribution in [0.25, 0.3) is 0 Å². The molecule has 6 heteroatoms. The van der Waals surface area contributed by atoms with E-state index in [1.54, 1.807) is 37.3 Å². The molecule has 0 N–H and O–H groups in total. The molecule has 0 fully saturated rings. The molecule has 0 radical (unpaired) electrons. The second kappa shape index (κ2) is 10.4. The van der Waals surface area contributed by atoms with E-state index in [0.717, 1.165) is 24.5 Å². The minimum Gasteiger partial charge on any atom is -0.491 e. The predicted octanol–water partition coefficient (Wildman–Crippen LogP) is 5.43. The van der Waals surface area contributed by atoms with Crippen molar-refractivity contribution in [2.45, 2.75) is 26.2 Å². The zero-order valence-electron chi connectivity index (χ0n) is 15.0. The van der Waals surface area contributed by atoms with Gasteiger partial charge in [0.15, 0.2) is 11.5 Å². The third-order valence-electron chi connectivity index (χ3n) is 3.75. The number of ether oxygens (including phenoxy) is 2. The molecular weight excluding hydrogens is 357 g/mol. The van der Waals surface area contributed by atoms with Crippen molar-refractivity contribution >= 4 is 5.97 Å². The van der Waals surface area contributed by atoms with Gasteiger partial charge in [-0.05, 0) is 56.0 Å². The van der Waals surface area contributed by atoms with Crippen LogP contribution in [-0.2, 0) is 6.42 Å². The minimum atomic E-state index is -1.27. The average molecular weight is 378 g/mol. The number of aryl methyl sites for hydroxylation is 1. The Bertz CT molecular complexity index is 786. The van der Waals surface area contributed by atoms with Gasteiger partial charge in [0.1, 0.15) is 0 Å². The van der Waals surface area contributed by atoms with Crippen molar-refractivity contribution in [2.75, 3.05) is 13.3 Å². The van der Waals surface area contributed by atoms with Crippen molar-refractivity contribution in [1.82, 2.24) is 0 Å². The van der Waals surface area contributed by atoms with Crippen LogP contribution in [0.15, 0.2) is 48.6 Å². The maximum atomic E-state index is 14.0. The summed E-state index contributed by atoms with van der Waals surface area (Å²) in [7, 11) is 0. The third kappa shape index (κ3) is 5.88. The Morgan fingerprint density at radius 1 is 0.963 bits per heavy atom. The first-order valence-electron chi connectivity index (χ1n) is 8.69. The molecule has 0 amide bonds. The van der Waals surface area contributed by atoms with Crippen molar-refractivity contribution in [3.63, 3.8) is 0 Å². The summed E-state index contributed by atoms with van der Waals surface area (Å²) in [5, 5.41) is 0. The van der Waals surface area contributed by atoms with Crippen molar-refractivity contribution in [2.24, 2.45) is 0 Å². The van der Waals surface area contributed by atoms with E-state index in [9.17, 15) is 18.0 Å². The van der Waals surface area contributed by atoms with Crippen LogP contribution in [0.4, 0.5) is 13.2 Å². The predicted molar refractivity (Wildman–Crippen MR) is 97.0 cm³/mol. The summed E-state index contributed by atoms with van der Waals surface area (Å²) in [6.45, 7) is 1.47. The Balaban J connectivity index is 1.99. The molecule has 0 saturated carbocycles. The van der Waals surface area contributed by atoms with Gasteiger partial charge in [-0.15, -0.1) is 0 Å². The number of rotatable bonds is 9. The highest BCUT2D eigenvalue weighted by molar-refractivity contribution is 5.91. The molecule has 2 aromatic carbocycles. The van der Waals surface area contributed by atoms with Crippen LogP contribution in [0.5, 0.6) is 11.5 Å². The largest absolute Gasteiger partial charge is 0.491 e. The number of esters is 1. The Hall–Kier alpha value is -2.76. The first-order valence-corrected chi connectivity index (χ1v) is 8.69. The Morgan fingerprint density at radius 3 is 2.26 bits per heavy atom. The second-order valence-corrected chi connectivity index (χ2v) is 5.70. The molecule has 0 spiro atoms. The number of carbonyl (C=O) groups is 1. The van der Waals surface area contributed by atoms with Gasteiger partial charge in [-0.25, -0.2) is 4.79 Å². The zero-order valence-corrected chi connectivity index (χ0v) is 15.0. The van der Waals surface area contributed by atoms with E-state index < -0.39 is 23.4 Å². The van der Waals surface area contributed by atoms with Crippen LogP contribution >= 0.6 is 0 Å². The minimum absolute atomic E-state index is 0.188. The standard InChI is InChI=1S/C21H21F3O3/c1-2-26-17-12-13-18(20(24)19(17)23)27-21(25)16-10-8-15(9-11-16)7-5-3-4-6-14-22/h3-4,8-13H,2,5-7,14H2,1H3/b4-3+. The van der Waals surface area contributed by atoms with Gasteiger partial charge in [0.05, 0.1) is 18.8 Å². The third-order valence-corrected chi connectivity index (χ3v) is 3.75. The molecule has 27 heavy (non-hydrogen) atoms. The number of hydrogen-bond acceptors (Lipinski definition) is 3. The summed E-state index contributed by atoms with van der Waals surface area (Å²) in [6, 6.07) is 9.00. The SMILES string of the molecule is CCOc1ccc(OC(=O)c2ccc(CC/C=C/CCF)cc2)c(F)c1F. The molecule has 0 saturated heterocycles. The maximum Gasteiger partial charge on any atom is 0.343 e. The molecular formula is C21H21F3O3. The lowest BCUT2D eigenvalue weighted by Gasteiger charge is -2.09. The van der Waals surface area contributed by atoms with E-state index in [2.05, 4.69) is 0 Å². The Morgan fingerprint density at radius 2 is 1.59 bits per heavy atom. The van der Waals surface area contributed by atoms with Crippen molar-refractivity contribution in [3.05, 3.63) is 71.3 Å². The van der Waals surface area contributed by atoms with Crippen LogP contribution in [0.2, 0.25) is 0 Å². The smallest absolute Gasteiger partial charge is 0.343 e. The molecule has 0 aliphatic carbocycles. The number of benzene rings is 2. The van der Waals surface area contributed by atoms with Gasteiger partial charge in [0.2, 0.25) is 11.6 Å². The molecule has 0 unspecified atom stereocenters. The topological polar surface area (TPSA) is 35.5 Å². The monoisotopic (exact) mass is 378 g/mol. The Kier molecular flexibility index (Phi) is 7.92. The lowest BCUT2D eigenvalue weighted by molar-refractivity contribution is 0.0726. The average Bonchev–Trinajstić information content (AvgIpc) is 2.68. The van der Waals surface area contributed by atoms with Gasteiger partial charge >= 0.3 is 5.97 Å². The molecule has 0 heterocycles. The zero-order chi connectivity index (χ0) is 19.6. The molecule has 3 nitrogen and oxygen atoms in total. The molecule has 0 aromatic heterocycles. The second-order valence-electron chi connectivity index (χ2n) is 5.70. The van der Waals surface area contributed by atoms with Gasteiger partial charge in [0, 0.05) is 0 Å². The molecule has 2 rings (SSSR count). The van der Waals surface area contributed by atoms with Crippen LogP contribution in [0, 0.1) is 11.6 Å². The van der Waals surface area contributed by atoms with E-state index in [1.165, 1.54) is 6.07 Å². The first kappa shape index (κ1) is 20.6. The highest BCUT2D eigenvalue weighted by atomic mass is 19.2. The van der Waals surface area contributed by atoms with Gasteiger partial charge in [0.25, 0.3) is 0 Å². The normalized spacial score (nSPS) is 11.0. The number of hydrogen-bond donors (Lipinski definition) is 0. The van der Waals surface area contributed by atoms with E-state index in [0.29, 0.717) is 6.42 Å². The lowest BCUT2D eigenvalue weighted by atomic mass is 10.1. The fourth-order valence-corrected chi connectivity index (χ4v) is 2.37. The van der Waals surface area contributed by atoms with Gasteiger partial charge in [-0.2, -0.15) is 8.78 Å². The van der Waals surface area contributed by atoms with E-state index in [-0.39, 0.29) is 24.6 Å². The summed E-state index contributed by atoms with van der Waals surface area (Å²) in [5.74, 6) is -3.99. The maximum absolute atomic E-state index is 14.0. The van der Waals surface area contributed by atoms with E-state index in [1.807, 2.05) is 6.08 Å². The van der Waals surface area contributed by atoms with Gasteiger partial charge in [-0.3, -0.25) is 4.39 Å².